The van der Waals surface area contributed by atoms with Crippen molar-refractivity contribution in [2.75, 3.05) is 0 Å². The van der Waals surface area contributed by atoms with Gasteiger partial charge in [0.25, 0.3) is 0 Å². The molecule has 0 aromatic heterocycles. The zero-order chi connectivity index (χ0) is 12.5. The highest BCUT2D eigenvalue weighted by atomic mass is 16.2. The Morgan fingerprint density at radius 1 is 1.25 bits per heavy atom. The van der Waals surface area contributed by atoms with Gasteiger partial charge < -0.3 is 0 Å². The van der Waals surface area contributed by atoms with Crippen LogP contribution in [0.25, 0.3) is 0 Å². The van der Waals surface area contributed by atoms with Crippen LogP contribution in [0.3, 0.4) is 0 Å². The van der Waals surface area contributed by atoms with Crippen LogP contribution >= 0.6 is 0 Å². The quantitative estimate of drug-likeness (QED) is 0.554. The van der Waals surface area contributed by atoms with Gasteiger partial charge in [0, 0.05) is 0 Å². The molecule has 5 heteroatoms. The van der Waals surface area contributed by atoms with Crippen LogP contribution in [0.15, 0.2) is 12.2 Å². The average molecular weight is 224 g/mol. The van der Waals surface area contributed by atoms with Crippen molar-refractivity contribution >= 4 is 17.8 Å². The minimum absolute atomic E-state index is 0.140. The van der Waals surface area contributed by atoms with Gasteiger partial charge in [-0.1, -0.05) is 26.0 Å². The van der Waals surface area contributed by atoms with E-state index in [2.05, 4.69) is 17.2 Å². The zero-order valence-electron chi connectivity index (χ0n) is 9.72. The van der Waals surface area contributed by atoms with Gasteiger partial charge in [-0.05, 0) is 19.3 Å². The minimum Gasteiger partial charge on any atom is -0.277 e. The summed E-state index contributed by atoms with van der Waals surface area (Å²) in [7, 11) is 0. The molecular weight excluding hydrogens is 208 g/mol. The third kappa shape index (κ3) is 1.85. The van der Waals surface area contributed by atoms with E-state index in [0.717, 1.165) is 0 Å². The van der Waals surface area contributed by atoms with E-state index in [0.29, 0.717) is 12.0 Å². The molecular formula is C11H16N2O3. The largest absolute Gasteiger partial charge is 0.328 e. The maximum absolute atomic E-state index is 11.9. The summed E-state index contributed by atoms with van der Waals surface area (Å²) < 4.78 is 0. The lowest BCUT2D eigenvalue weighted by Crippen LogP contribution is -2.63. The van der Waals surface area contributed by atoms with Gasteiger partial charge >= 0.3 is 6.03 Å². The molecule has 88 valence electrons. The minimum atomic E-state index is -1.32. The molecule has 0 aliphatic carbocycles. The SMILES string of the molecule is C=C(C)C1(CC(C)C)C(=O)NC(=O)NC1=O. The predicted molar refractivity (Wildman–Crippen MR) is 58.4 cm³/mol. The molecule has 2 N–H and O–H groups in total. The van der Waals surface area contributed by atoms with Gasteiger partial charge in [0.05, 0.1) is 0 Å². The number of urea groups is 1. The van der Waals surface area contributed by atoms with Crippen LogP contribution in [-0.4, -0.2) is 17.8 Å². The monoisotopic (exact) mass is 224 g/mol. The molecule has 1 aliphatic rings. The molecule has 0 unspecified atom stereocenters. The number of rotatable bonds is 3. The number of amides is 4. The lowest BCUT2D eigenvalue weighted by atomic mass is 9.72. The second kappa shape index (κ2) is 4.08. The van der Waals surface area contributed by atoms with Crippen molar-refractivity contribution in [2.24, 2.45) is 11.3 Å². The van der Waals surface area contributed by atoms with Crippen LogP contribution < -0.4 is 10.6 Å². The molecule has 1 fully saturated rings. The van der Waals surface area contributed by atoms with Crippen molar-refractivity contribution in [1.29, 1.82) is 0 Å². The summed E-state index contributed by atoms with van der Waals surface area (Å²) in [6.45, 7) is 9.13. The van der Waals surface area contributed by atoms with E-state index in [4.69, 9.17) is 0 Å². The van der Waals surface area contributed by atoms with E-state index in [1.165, 1.54) is 0 Å². The number of carbonyl (C=O) groups excluding carboxylic acids is 3. The molecule has 1 aliphatic heterocycles. The van der Waals surface area contributed by atoms with Crippen molar-refractivity contribution in [3.63, 3.8) is 0 Å². The number of carbonyl (C=O) groups is 3. The summed E-state index contributed by atoms with van der Waals surface area (Å²) in [5.74, 6) is -1.02. The first kappa shape index (κ1) is 12.4. The van der Waals surface area contributed by atoms with Crippen molar-refractivity contribution in [3.05, 3.63) is 12.2 Å². The third-order valence-electron chi connectivity index (χ3n) is 2.67. The summed E-state index contributed by atoms with van der Waals surface area (Å²) in [6, 6.07) is -0.768. The topological polar surface area (TPSA) is 75.3 Å². The van der Waals surface area contributed by atoms with Crippen LogP contribution in [-0.2, 0) is 9.59 Å². The summed E-state index contributed by atoms with van der Waals surface area (Å²) in [4.78, 5) is 34.7. The predicted octanol–water partition coefficient (Wildman–Crippen LogP) is 0.961. The summed E-state index contributed by atoms with van der Waals surface area (Å²) in [6.07, 6.45) is 0.341. The van der Waals surface area contributed by atoms with Crippen LogP contribution in [0.4, 0.5) is 4.79 Å². The molecule has 1 saturated heterocycles. The first-order valence-corrected chi connectivity index (χ1v) is 5.13. The van der Waals surface area contributed by atoms with Gasteiger partial charge in [0.1, 0.15) is 5.41 Å². The standard InChI is InChI=1S/C11H16N2O3/c1-6(2)5-11(7(3)4)8(14)12-10(16)13-9(11)15/h6H,3,5H2,1-2,4H3,(H2,12,13,14,15,16). The van der Waals surface area contributed by atoms with Crippen LogP contribution in [0.2, 0.25) is 0 Å². The molecule has 1 rings (SSSR count). The molecule has 0 aromatic rings. The first-order chi connectivity index (χ1) is 7.30. The number of hydrogen-bond donors (Lipinski definition) is 2. The van der Waals surface area contributed by atoms with E-state index in [-0.39, 0.29) is 5.92 Å². The van der Waals surface area contributed by atoms with Gasteiger partial charge in [-0.25, -0.2) is 4.79 Å². The maximum atomic E-state index is 11.9. The fourth-order valence-corrected chi connectivity index (χ4v) is 1.91. The molecule has 0 bridgehead atoms. The van der Waals surface area contributed by atoms with Gasteiger partial charge in [0.2, 0.25) is 11.8 Å². The Hall–Kier alpha value is -1.65. The Morgan fingerprint density at radius 2 is 1.69 bits per heavy atom. The van der Waals surface area contributed by atoms with E-state index < -0.39 is 23.3 Å². The number of barbiturate groups is 1. The van der Waals surface area contributed by atoms with E-state index in [1.54, 1.807) is 6.92 Å². The Labute approximate surface area is 94.3 Å². The normalized spacial score (nSPS) is 19.4. The van der Waals surface area contributed by atoms with Gasteiger partial charge in [-0.3, -0.25) is 20.2 Å². The van der Waals surface area contributed by atoms with Gasteiger partial charge in [-0.2, -0.15) is 0 Å². The summed E-state index contributed by atoms with van der Waals surface area (Å²) in [5, 5.41) is 4.23. The van der Waals surface area contributed by atoms with E-state index in [1.807, 2.05) is 13.8 Å². The third-order valence-corrected chi connectivity index (χ3v) is 2.67. The van der Waals surface area contributed by atoms with E-state index >= 15 is 0 Å². The van der Waals surface area contributed by atoms with Crippen molar-refractivity contribution < 1.29 is 14.4 Å². The van der Waals surface area contributed by atoms with Crippen LogP contribution in [0.1, 0.15) is 27.2 Å². The smallest absolute Gasteiger partial charge is 0.277 e. The molecule has 1 heterocycles. The number of hydrogen-bond acceptors (Lipinski definition) is 3. The Bertz CT molecular complexity index is 351. The Balaban J connectivity index is 3.17. The second-order valence-electron chi connectivity index (χ2n) is 4.52. The van der Waals surface area contributed by atoms with Crippen molar-refractivity contribution in [1.82, 2.24) is 10.6 Å². The highest BCUT2D eigenvalue weighted by molar-refractivity contribution is 6.20. The Morgan fingerprint density at radius 3 is 2.00 bits per heavy atom. The second-order valence-corrected chi connectivity index (χ2v) is 4.52. The Kier molecular flexibility index (Phi) is 3.16. The van der Waals surface area contributed by atoms with Crippen molar-refractivity contribution in [2.45, 2.75) is 27.2 Å². The lowest BCUT2D eigenvalue weighted by molar-refractivity contribution is -0.142. The number of nitrogens with one attached hydrogen (secondary N) is 2. The molecule has 0 spiro atoms. The van der Waals surface area contributed by atoms with Gasteiger partial charge in [-0.15, -0.1) is 0 Å². The highest BCUT2D eigenvalue weighted by Gasteiger charge is 2.51. The van der Waals surface area contributed by atoms with Crippen LogP contribution in [0, 0.1) is 11.3 Å². The first-order valence-electron chi connectivity index (χ1n) is 5.13. The van der Waals surface area contributed by atoms with Crippen molar-refractivity contribution in [3.8, 4) is 0 Å². The lowest BCUT2D eigenvalue weighted by Gasteiger charge is -2.35. The molecule has 0 radical (unpaired) electrons. The molecule has 0 saturated carbocycles. The average Bonchev–Trinajstić information content (AvgIpc) is 2.10. The zero-order valence-corrected chi connectivity index (χ0v) is 9.72. The molecule has 0 aromatic carbocycles. The number of imide groups is 2. The molecule has 5 nitrogen and oxygen atoms in total. The summed E-state index contributed by atoms with van der Waals surface area (Å²) in [5.41, 5.74) is -0.870. The van der Waals surface area contributed by atoms with Gasteiger partial charge in [0.15, 0.2) is 0 Å². The molecule has 4 amide bonds. The molecule has 16 heavy (non-hydrogen) atoms. The van der Waals surface area contributed by atoms with Crippen LogP contribution in [0.5, 0.6) is 0 Å². The fourth-order valence-electron chi connectivity index (χ4n) is 1.91. The van der Waals surface area contributed by atoms with E-state index in [9.17, 15) is 14.4 Å². The fraction of sp³-hybridized carbons (Fsp3) is 0.545. The summed E-state index contributed by atoms with van der Waals surface area (Å²) >= 11 is 0. The molecule has 0 atom stereocenters. The highest BCUT2D eigenvalue weighted by Crippen LogP contribution is 2.35. The maximum Gasteiger partial charge on any atom is 0.328 e.